The lowest BCUT2D eigenvalue weighted by Crippen LogP contribution is -2.37. The van der Waals surface area contributed by atoms with Gasteiger partial charge in [-0.25, -0.2) is 14.6 Å². The number of carboxylic acid groups (broad SMARTS) is 1. The molecule has 0 aliphatic heterocycles. The summed E-state index contributed by atoms with van der Waals surface area (Å²) in [5, 5.41) is 7.69. The van der Waals surface area contributed by atoms with Gasteiger partial charge in [0.2, 0.25) is 0 Å². The zero-order valence-electron chi connectivity index (χ0n) is 26.2. The molecule has 0 aromatic carbocycles. The van der Waals surface area contributed by atoms with E-state index in [2.05, 4.69) is 39.5 Å². The number of halogens is 1. The molecule has 2 saturated carbocycles. The third-order valence-corrected chi connectivity index (χ3v) is 8.66. The maximum Gasteiger partial charge on any atom is 0.508 e. The van der Waals surface area contributed by atoms with Crippen molar-refractivity contribution in [2.45, 2.75) is 90.7 Å². The fourth-order valence-electron chi connectivity index (χ4n) is 6.87. The minimum absolute atomic E-state index is 0.0441. The van der Waals surface area contributed by atoms with Gasteiger partial charge in [0.05, 0.1) is 19.5 Å². The molecule has 12 nitrogen and oxygen atoms in total. The van der Waals surface area contributed by atoms with Crippen LogP contribution in [0, 0.1) is 41.6 Å². The Morgan fingerprint density at radius 1 is 1.20 bits per heavy atom. The molecule has 0 radical (unpaired) electrons. The number of hydrogen-bond donors (Lipinski definition) is 2. The van der Waals surface area contributed by atoms with E-state index in [1.165, 1.54) is 52.0 Å². The van der Waals surface area contributed by atoms with Gasteiger partial charge in [-0.1, -0.05) is 19.8 Å². The van der Waals surface area contributed by atoms with E-state index < -0.39 is 24.0 Å². The van der Waals surface area contributed by atoms with Crippen LogP contribution in [0.25, 0.3) is 11.2 Å². The molecule has 3 N–H and O–H groups in total. The van der Waals surface area contributed by atoms with Crippen molar-refractivity contribution in [1.29, 1.82) is 0 Å². The highest BCUT2D eigenvalue weighted by Gasteiger charge is 2.40. The van der Waals surface area contributed by atoms with E-state index in [4.69, 9.17) is 31.5 Å². The molecule has 0 saturated heterocycles. The number of nitrogens with zero attached hydrogens (tertiary/aromatic N) is 4. The molecule has 2 fully saturated rings. The zero-order chi connectivity index (χ0) is 32.3. The number of hydrogen-bond acceptors (Lipinski definition) is 10. The minimum atomic E-state index is -1.21. The predicted octanol–water partition coefficient (Wildman–Crippen LogP) is 5.83. The van der Waals surface area contributed by atoms with Crippen molar-refractivity contribution in [2.75, 3.05) is 32.7 Å². The van der Waals surface area contributed by atoms with Gasteiger partial charge >= 0.3 is 18.4 Å². The second-order valence-corrected chi connectivity index (χ2v) is 12.4. The molecule has 2 heterocycles. The molecule has 2 aliphatic rings. The average molecular weight is 620 g/mol. The van der Waals surface area contributed by atoms with Crippen LogP contribution in [0.1, 0.15) is 78.6 Å². The number of terminal acetylenes is 1. The van der Waals surface area contributed by atoms with E-state index in [1.54, 1.807) is 11.5 Å². The number of anilines is 1. The Kier molecular flexibility index (Phi) is 12.6. The number of rotatable bonds is 12. The molecule has 2 aliphatic carbocycles. The molecular weight excluding hydrogens is 573 g/mol. The number of methoxy groups -OCH3 is 1. The summed E-state index contributed by atoms with van der Waals surface area (Å²) in [5.41, 5.74) is 5.47. The highest BCUT2D eigenvalue weighted by atomic mass is 19.1. The van der Waals surface area contributed by atoms with Crippen molar-refractivity contribution in [1.82, 2.24) is 19.5 Å². The van der Waals surface area contributed by atoms with Crippen molar-refractivity contribution in [3.05, 3.63) is 12.4 Å². The molecule has 2 aromatic rings. The Morgan fingerprint density at radius 3 is 2.50 bits per heavy atom. The van der Waals surface area contributed by atoms with Crippen LogP contribution in [0.2, 0.25) is 0 Å². The number of nitrogens with two attached hydrogens (primary N) is 1. The van der Waals surface area contributed by atoms with Crippen LogP contribution in [0.5, 0.6) is 0 Å². The summed E-state index contributed by atoms with van der Waals surface area (Å²) in [6.45, 7) is 7.09. The van der Waals surface area contributed by atoms with Crippen molar-refractivity contribution in [2.24, 2.45) is 23.2 Å². The van der Waals surface area contributed by atoms with Crippen LogP contribution < -0.4 is 5.73 Å². The van der Waals surface area contributed by atoms with Gasteiger partial charge in [-0.05, 0) is 81.5 Å². The van der Waals surface area contributed by atoms with Gasteiger partial charge in [-0.15, -0.1) is 6.42 Å². The number of carbonyl (C=O) groups is 2. The molecule has 3 atom stereocenters. The Balaban J connectivity index is 0.000000801. The Bertz CT molecular complexity index is 1280. The third-order valence-electron chi connectivity index (χ3n) is 8.66. The molecular formula is C31H46FN5O7. The number of carbonyl (C=O) groups excluding carboxylic acids is 1. The lowest BCUT2D eigenvalue weighted by Gasteiger charge is -2.47. The summed E-state index contributed by atoms with van der Waals surface area (Å²) < 4.78 is 35.3. The molecule has 2 aromatic heterocycles. The molecule has 44 heavy (non-hydrogen) atoms. The van der Waals surface area contributed by atoms with Crippen LogP contribution in [-0.4, -0.2) is 69.5 Å². The molecule has 3 unspecified atom stereocenters. The lowest BCUT2D eigenvalue weighted by atomic mass is 9.58. The van der Waals surface area contributed by atoms with E-state index >= 15 is 0 Å². The van der Waals surface area contributed by atoms with Crippen LogP contribution in [0.3, 0.4) is 0 Å². The number of fused-ring (bicyclic) bond motifs is 3. The highest BCUT2D eigenvalue weighted by Crippen LogP contribution is 2.52. The van der Waals surface area contributed by atoms with Gasteiger partial charge in [0.1, 0.15) is 12.1 Å². The highest BCUT2D eigenvalue weighted by molar-refractivity contribution is 5.81. The standard InChI is InChI=1S/C28H40FN5O4.C3H6O3/c1-5-28(36-4,9-10-34-18-31-22-23(30)32-25(29)33-24(22)34)17-38-26(35)37-11-7-6-8-27(3)15-20-12-19(2)13-21(14-20)16-27;1-2-6-3(4)5/h1,18-21H,6-17H2,2-4H3,(H2,30,32,33);2H2,1H3,(H,4,5). The zero-order valence-corrected chi connectivity index (χ0v) is 26.2. The first-order chi connectivity index (χ1) is 20.9. The molecule has 0 amide bonds. The van der Waals surface area contributed by atoms with Crippen LogP contribution >= 0.6 is 0 Å². The molecule has 0 spiro atoms. The van der Waals surface area contributed by atoms with Gasteiger partial charge in [-0.3, -0.25) is 0 Å². The SMILES string of the molecule is C#CC(CCn1cnc2c(N)nc(F)nc21)(COC(=O)OCCCCC1(C)CC2CC(C)CC(C2)C1)OC.CCOC(=O)O. The Morgan fingerprint density at radius 2 is 1.91 bits per heavy atom. The van der Waals surface area contributed by atoms with Crippen molar-refractivity contribution in [3.8, 4) is 12.3 Å². The average Bonchev–Trinajstić information content (AvgIpc) is 3.36. The first-order valence-corrected chi connectivity index (χ1v) is 15.2. The van der Waals surface area contributed by atoms with Crippen LogP contribution in [0.4, 0.5) is 19.8 Å². The summed E-state index contributed by atoms with van der Waals surface area (Å²) in [6.07, 6.45) is 14.3. The number of aromatic nitrogens is 4. The number of aryl methyl sites for hydroxylation is 1. The van der Waals surface area contributed by atoms with Crippen molar-refractivity contribution >= 4 is 29.3 Å². The Labute approximate surface area is 258 Å². The van der Waals surface area contributed by atoms with Gasteiger partial charge < -0.3 is 34.4 Å². The number of ether oxygens (including phenoxy) is 4. The first-order valence-electron chi connectivity index (χ1n) is 15.2. The smallest absolute Gasteiger partial charge is 0.450 e. The fraction of sp³-hybridized carbons (Fsp3) is 0.710. The molecule has 13 heteroatoms. The normalized spacial score (nSPS) is 23.9. The first kappa shape index (κ1) is 34.8. The monoisotopic (exact) mass is 619 g/mol. The summed E-state index contributed by atoms with van der Waals surface area (Å²) in [7, 11) is 1.45. The second kappa shape index (κ2) is 15.9. The summed E-state index contributed by atoms with van der Waals surface area (Å²) in [4.78, 5) is 33.0. The maximum atomic E-state index is 13.6. The van der Waals surface area contributed by atoms with Crippen LogP contribution in [-0.2, 0) is 25.5 Å². The topological polar surface area (TPSA) is 161 Å². The second-order valence-electron chi connectivity index (χ2n) is 12.4. The van der Waals surface area contributed by atoms with E-state index in [9.17, 15) is 14.0 Å². The quantitative estimate of drug-likeness (QED) is 0.127. The van der Waals surface area contributed by atoms with Gasteiger partial charge in [0.15, 0.2) is 17.1 Å². The predicted molar refractivity (Wildman–Crippen MR) is 161 cm³/mol. The summed E-state index contributed by atoms with van der Waals surface area (Å²) >= 11 is 0. The summed E-state index contributed by atoms with van der Waals surface area (Å²) in [5.74, 6) is 5.16. The number of unbranched alkanes of at least 4 members (excludes halogenated alkanes) is 1. The number of nitrogen functional groups attached to an aromatic ring is 1. The lowest BCUT2D eigenvalue weighted by molar-refractivity contribution is -0.0395. The van der Waals surface area contributed by atoms with E-state index in [-0.39, 0.29) is 37.6 Å². The summed E-state index contributed by atoms with van der Waals surface area (Å²) in [6, 6.07) is 0. The van der Waals surface area contributed by atoms with Crippen molar-refractivity contribution < 1.29 is 38.0 Å². The molecule has 4 rings (SSSR count). The fourth-order valence-corrected chi connectivity index (χ4v) is 6.87. The Hall–Kier alpha value is -3.66. The van der Waals surface area contributed by atoms with Gasteiger partial charge in [0, 0.05) is 20.1 Å². The third kappa shape index (κ3) is 9.94. The van der Waals surface area contributed by atoms with Crippen molar-refractivity contribution in [3.63, 3.8) is 0 Å². The van der Waals surface area contributed by atoms with Gasteiger partial charge in [-0.2, -0.15) is 14.4 Å². The molecule has 2 bridgehead atoms. The maximum absolute atomic E-state index is 13.6. The molecule has 244 valence electrons. The minimum Gasteiger partial charge on any atom is -0.450 e. The van der Waals surface area contributed by atoms with E-state index in [1.807, 2.05) is 0 Å². The van der Waals surface area contributed by atoms with E-state index in [0.29, 0.717) is 17.5 Å². The van der Waals surface area contributed by atoms with Gasteiger partial charge in [0.25, 0.3) is 0 Å². The van der Waals surface area contributed by atoms with E-state index in [0.717, 1.165) is 30.6 Å². The van der Waals surface area contributed by atoms with Crippen LogP contribution in [0.15, 0.2) is 6.33 Å². The number of imidazole rings is 1. The largest absolute Gasteiger partial charge is 0.508 e.